The minimum atomic E-state index is 0.618. The lowest BCUT2D eigenvalue weighted by Crippen LogP contribution is -2.43. The summed E-state index contributed by atoms with van der Waals surface area (Å²) in [5.41, 5.74) is 5.85. The van der Waals surface area contributed by atoms with Crippen LogP contribution in [-0.2, 0) is 4.74 Å². The van der Waals surface area contributed by atoms with Crippen LogP contribution in [0.15, 0.2) is 0 Å². The smallest absolute Gasteiger partial charge is 0.0506 e. The van der Waals surface area contributed by atoms with E-state index in [2.05, 4.69) is 11.9 Å². The third kappa shape index (κ3) is 3.16. The number of rotatable bonds is 5. The van der Waals surface area contributed by atoms with Gasteiger partial charge < -0.3 is 15.4 Å². The van der Waals surface area contributed by atoms with Gasteiger partial charge in [0.05, 0.1) is 6.61 Å². The maximum atomic E-state index is 5.85. The largest absolute Gasteiger partial charge is 0.381 e. The summed E-state index contributed by atoms with van der Waals surface area (Å²) in [5.74, 6) is 1.61. The normalized spacial score (nSPS) is 29.4. The molecular weight excluding hydrogens is 188 g/mol. The summed E-state index contributed by atoms with van der Waals surface area (Å²) >= 11 is 0. The maximum absolute atomic E-state index is 5.85. The molecule has 1 saturated heterocycles. The van der Waals surface area contributed by atoms with Crippen molar-refractivity contribution in [3.63, 3.8) is 0 Å². The molecule has 1 heterocycles. The van der Waals surface area contributed by atoms with E-state index in [1.165, 1.54) is 32.2 Å². The molecule has 0 aromatic heterocycles. The van der Waals surface area contributed by atoms with Gasteiger partial charge in [0.15, 0.2) is 0 Å². The quantitative estimate of drug-likeness (QED) is 0.741. The van der Waals surface area contributed by atoms with Crippen molar-refractivity contribution in [3.05, 3.63) is 0 Å². The fourth-order valence-electron chi connectivity index (χ4n) is 2.71. The molecule has 2 unspecified atom stereocenters. The standard InChI is InChI=1S/C12H24N2O/c1-14(12(7-13)11-4-5-11)8-10-3-2-6-15-9-10/h10-12H,2-9,13H2,1H3. The first-order chi connectivity index (χ1) is 7.31. The van der Waals surface area contributed by atoms with E-state index in [1.807, 2.05) is 0 Å². The van der Waals surface area contributed by atoms with E-state index >= 15 is 0 Å². The fraction of sp³-hybridized carbons (Fsp3) is 1.00. The molecule has 2 rings (SSSR count). The number of hydrogen-bond donors (Lipinski definition) is 1. The Labute approximate surface area is 93.0 Å². The van der Waals surface area contributed by atoms with Gasteiger partial charge in [0.1, 0.15) is 0 Å². The minimum absolute atomic E-state index is 0.618. The second-order valence-corrected chi connectivity index (χ2v) is 5.16. The van der Waals surface area contributed by atoms with Gasteiger partial charge in [0.2, 0.25) is 0 Å². The van der Waals surface area contributed by atoms with Gasteiger partial charge in [0, 0.05) is 25.7 Å². The molecule has 0 amide bonds. The minimum Gasteiger partial charge on any atom is -0.381 e. The fourth-order valence-corrected chi connectivity index (χ4v) is 2.71. The Bertz CT molecular complexity index is 188. The summed E-state index contributed by atoms with van der Waals surface area (Å²) in [6.45, 7) is 3.89. The first kappa shape index (κ1) is 11.4. The van der Waals surface area contributed by atoms with E-state index in [0.29, 0.717) is 6.04 Å². The summed E-state index contributed by atoms with van der Waals surface area (Å²) in [5, 5.41) is 0. The molecule has 1 saturated carbocycles. The van der Waals surface area contributed by atoms with Crippen LogP contribution in [0.1, 0.15) is 25.7 Å². The molecule has 0 bridgehead atoms. The molecule has 2 fully saturated rings. The van der Waals surface area contributed by atoms with E-state index in [-0.39, 0.29) is 0 Å². The predicted octanol–water partition coefficient (Wildman–Crippen LogP) is 1.08. The van der Waals surface area contributed by atoms with Gasteiger partial charge in [-0.15, -0.1) is 0 Å². The van der Waals surface area contributed by atoms with Crippen LogP contribution in [0.5, 0.6) is 0 Å². The molecule has 1 aliphatic heterocycles. The molecule has 3 nitrogen and oxygen atoms in total. The molecule has 2 atom stereocenters. The lowest BCUT2D eigenvalue weighted by atomic mass is 10.0. The van der Waals surface area contributed by atoms with Crippen molar-refractivity contribution in [2.75, 3.05) is 33.4 Å². The van der Waals surface area contributed by atoms with Crippen molar-refractivity contribution in [3.8, 4) is 0 Å². The monoisotopic (exact) mass is 212 g/mol. The highest BCUT2D eigenvalue weighted by Crippen LogP contribution is 2.34. The zero-order valence-corrected chi connectivity index (χ0v) is 9.82. The highest BCUT2D eigenvalue weighted by atomic mass is 16.5. The first-order valence-corrected chi connectivity index (χ1v) is 6.29. The number of nitrogens with zero attached hydrogens (tertiary/aromatic N) is 1. The van der Waals surface area contributed by atoms with E-state index in [1.54, 1.807) is 0 Å². The topological polar surface area (TPSA) is 38.5 Å². The van der Waals surface area contributed by atoms with Crippen LogP contribution in [0, 0.1) is 11.8 Å². The van der Waals surface area contributed by atoms with Crippen LogP contribution in [0.25, 0.3) is 0 Å². The van der Waals surface area contributed by atoms with Crippen molar-refractivity contribution in [2.24, 2.45) is 17.6 Å². The molecule has 0 aromatic rings. The zero-order chi connectivity index (χ0) is 10.7. The second kappa shape index (κ2) is 5.28. The molecule has 2 N–H and O–H groups in total. The Kier molecular flexibility index (Phi) is 4.00. The van der Waals surface area contributed by atoms with E-state index in [4.69, 9.17) is 10.5 Å². The van der Waals surface area contributed by atoms with Gasteiger partial charge in [-0.05, 0) is 44.6 Å². The summed E-state index contributed by atoms with van der Waals surface area (Å²) < 4.78 is 5.51. The molecule has 88 valence electrons. The van der Waals surface area contributed by atoms with Crippen molar-refractivity contribution < 1.29 is 4.74 Å². The highest BCUT2D eigenvalue weighted by Gasteiger charge is 2.33. The lowest BCUT2D eigenvalue weighted by Gasteiger charge is -2.32. The molecule has 3 heteroatoms. The lowest BCUT2D eigenvalue weighted by molar-refractivity contribution is 0.0351. The summed E-state index contributed by atoms with van der Waals surface area (Å²) in [6, 6.07) is 0.618. The first-order valence-electron chi connectivity index (χ1n) is 6.29. The van der Waals surface area contributed by atoms with Gasteiger partial charge >= 0.3 is 0 Å². The van der Waals surface area contributed by atoms with E-state index < -0.39 is 0 Å². The Hall–Kier alpha value is -0.120. The Morgan fingerprint density at radius 2 is 2.20 bits per heavy atom. The Balaban J connectivity index is 1.75. The van der Waals surface area contributed by atoms with Crippen molar-refractivity contribution in [2.45, 2.75) is 31.7 Å². The van der Waals surface area contributed by atoms with Crippen molar-refractivity contribution in [1.29, 1.82) is 0 Å². The van der Waals surface area contributed by atoms with Gasteiger partial charge in [-0.25, -0.2) is 0 Å². The van der Waals surface area contributed by atoms with Gasteiger partial charge in [-0.3, -0.25) is 0 Å². The average Bonchev–Trinajstić information content (AvgIpc) is 3.04. The second-order valence-electron chi connectivity index (χ2n) is 5.16. The molecule has 0 spiro atoms. The molecule has 0 radical (unpaired) electrons. The molecule has 1 aliphatic carbocycles. The van der Waals surface area contributed by atoms with Gasteiger partial charge in [-0.2, -0.15) is 0 Å². The molecule has 2 aliphatic rings. The summed E-state index contributed by atoms with van der Waals surface area (Å²) in [4.78, 5) is 2.47. The van der Waals surface area contributed by atoms with Crippen LogP contribution in [0.4, 0.5) is 0 Å². The third-order valence-electron chi connectivity index (χ3n) is 3.77. The summed E-state index contributed by atoms with van der Waals surface area (Å²) in [7, 11) is 2.23. The van der Waals surface area contributed by atoms with Gasteiger partial charge in [-0.1, -0.05) is 0 Å². The van der Waals surface area contributed by atoms with Crippen molar-refractivity contribution >= 4 is 0 Å². The van der Waals surface area contributed by atoms with Crippen LogP contribution in [0.3, 0.4) is 0 Å². The van der Waals surface area contributed by atoms with E-state index in [0.717, 1.165) is 31.6 Å². The van der Waals surface area contributed by atoms with Gasteiger partial charge in [0.25, 0.3) is 0 Å². The van der Waals surface area contributed by atoms with Crippen LogP contribution >= 0.6 is 0 Å². The highest BCUT2D eigenvalue weighted by molar-refractivity contribution is 4.88. The molecule has 0 aromatic carbocycles. The molecular formula is C12H24N2O. The number of hydrogen-bond acceptors (Lipinski definition) is 3. The zero-order valence-electron chi connectivity index (χ0n) is 9.82. The Morgan fingerprint density at radius 1 is 1.40 bits per heavy atom. The Morgan fingerprint density at radius 3 is 2.73 bits per heavy atom. The number of nitrogens with two attached hydrogens (primary N) is 1. The molecule has 15 heavy (non-hydrogen) atoms. The summed E-state index contributed by atoms with van der Waals surface area (Å²) in [6.07, 6.45) is 5.32. The van der Waals surface area contributed by atoms with Crippen LogP contribution in [-0.4, -0.2) is 44.3 Å². The van der Waals surface area contributed by atoms with E-state index in [9.17, 15) is 0 Å². The third-order valence-corrected chi connectivity index (χ3v) is 3.77. The number of ether oxygens (including phenoxy) is 1. The van der Waals surface area contributed by atoms with Crippen LogP contribution in [0.2, 0.25) is 0 Å². The van der Waals surface area contributed by atoms with Crippen molar-refractivity contribution in [1.82, 2.24) is 4.90 Å². The average molecular weight is 212 g/mol. The predicted molar refractivity (Wildman–Crippen MR) is 61.7 cm³/mol. The number of likely N-dealkylation sites (N-methyl/N-ethyl adjacent to an activating group) is 1. The van der Waals surface area contributed by atoms with Crippen LogP contribution < -0.4 is 5.73 Å². The SMILES string of the molecule is CN(CC1CCCOC1)C(CN)C1CC1. The maximum Gasteiger partial charge on any atom is 0.0506 e.